The molecule has 0 heterocycles. The molecule has 0 aromatic heterocycles. The van der Waals surface area contributed by atoms with Crippen LogP contribution >= 0.6 is 0 Å². The Bertz CT molecular complexity index is 286. The van der Waals surface area contributed by atoms with Crippen LogP contribution in [0.25, 0.3) is 5.70 Å². The minimum absolute atomic E-state index is 1.03. The summed E-state index contributed by atoms with van der Waals surface area (Å²) < 4.78 is 0. The first-order valence-electron chi connectivity index (χ1n) is 4.27. The molecule has 13 heavy (non-hydrogen) atoms. The maximum absolute atomic E-state index is 4.91. The highest BCUT2D eigenvalue weighted by Crippen LogP contribution is 2.14. The summed E-state index contributed by atoms with van der Waals surface area (Å²) in [6.45, 7) is 4.10. The molecule has 1 aromatic rings. The van der Waals surface area contributed by atoms with Crippen molar-refractivity contribution in [3.63, 3.8) is 0 Å². The molecule has 0 aliphatic heterocycles. The molecule has 0 fully saturated rings. The summed E-state index contributed by atoms with van der Waals surface area (Å²) in [5.74, 6) is 0. The van der Waals surface area contributed by atoms with Crippen molar-refractivity contribution in [1.82, 2.24) is 5.48 Å². The average molecular weight is 177 g/mol. The van der Waals surface area contributed by atoms with Gasteiger partial charge in [0.15, 0.2) is 0 Å². The van der Waals surface area contributed by atoms with Crippen molar-refractivity contribution in [3.05, 3.63) is 41.5 Å². The van der Waals surface area contributed by atoms with E-state index >= 15 is 0 Å². The number of benzene rings is 1. The molecule has 0 spiro atoms. The number of hydrogen-bond donors (Lipinski definition) is 1. The second-order valence-electron chi connectivity index (χ2n) is 3.05. The van der Waals surface area contributed by atoms with Crippen molar-refractivity contribution in [1.29, 1.82) is 0 Å². The lowest BCUT2D eigenvalue weighted by molar-refractivity contribution is 0.136. The smallest absolute Gasteiger partial charge is 0.0663 e. The summed E-state index contributed by atoms with van der Waals surface area (Å²) in [6, 6.07) is 10.1. The van der Waals surface area contributed by atoms with E-state index in [0.717, 1.165) is 11.3 Å². The maximum Gasteiger partial charge on any atom is 0.0663 e. The fraction of sp³-hybridized carbons (Fsp3) is 0.273. The van der Waals surface area contributed by atoms with Gasteiger partial charge in [0.25, 0.3) is 0 Å². The number of allylic oxidation sites excluding steroid dienone is 1. The largest absolute Gasteiger partial charge is 0.279 e. The first kappa shape index (κ1) is 9.81. The van der Waals surface area contributed by atoms with E-state index in [0.29, 0.717) is 0 Å². The van der Waals surface area contributed by atoms with E-state index in [-0.39, 0.29) is 0 Å². The summed E-state index contributed by atoms with van der Waals surface area (Å²) in [5.41, 5.74) is 6.25. The van der Waals surface area contributed by atoms with Crippen LogP contribution in [0, 0.1) is 0 Å². The zero-order chi connectivity index (χ0) is 9.68. The monoisotopic (exact) mass is 177 g/mol. The summed E-state index contributed by atoms with van der Waals surface area (Å²) in [7, 11) is 1.62. The first-order chi connectivity index (χ1) is 6.25. The number of hydrogen-bond acceptors (Lipinski definition) is 2. The van der Waals surface area contributed by atoms with Crippen molar-refractivity contribution in [2.24, 2.45) is 0 Å². The molecule has 1 N–H and O–H groups in total. The summed E-state index contributed by atoms with van der Waals surface area (Å²) in [5, 5.41) is 0. The summed E-state index contributed by atoms with van der Waals surface area (Å²) in [4.78, 5) is 4.91. The predicted octanol–water partition coefficient (Wildman–Crippen LogP) is 2.59. The van der Waals surface area contributed by atoms with Crippen molar-refractivity contribution in [3.8, 4) is 0 Å². The Hall–Kier alpha value is -1.28. The summed E-state index contributed by atoms with van der Waals surface area (Å²) in [6.07, 6.45) is 0. The van der Waals surface area contributed by atoms with E-state index in [1.807, 2.05) is 44.2 Å². The van der Waals surface area contributed by atoms with Crippen LogP contribution in [0.5, 0.6) is 0 Å². The number of nitrogens with one attached hydrogen (secondary N) is 1. The van der Waals surface area contributed by atoms with E-state index in [2.05, 4.69) is 5.48 Å². The molecule has 0 radical (unpaired) electrons. The molecule has 0 aliphatic carbocycles. The molecule has 1 rings (SSSR count). The van der Waals surface area contributed by atoms with Gasteiger partial charge in [-0.3, -0.25) is 10.3 Å². The highest BCUT2D eigenvalue weighted by molar-refractivity contribution is 5.65. The molecule has 0 bridgehead atoms. The standard InChI is InChI=1S/C11H15NO/c1-9(2)11(12-13-3)10-7-5-4-6-8-10/h4-8,12H,1-3H3. The van der Waals surface area contributed by atoms with Crippen LogP contribution in [0.2, 0.25) is 0 Å². The Kier molecular flexibility index (Phi) is 3.53. The number of rotatable bonds is 3. The third-order valence-electron chi connectivity index (χ3n) is 1.77. The van der Waals surface area contributed by atoms with Gasteiger partial charge in [-0.1, -0.05) is 35.9 Å². The minimum Gasteiger partial charge on any atom is -0.279 e. The lowest BCUT2D eigenvalue weighted by Gasteiger charge is -2.10. The average Bonchev–Trinajstić information content (AvgIpc) is 2.15. The van der Waals surface area contributed by atoms with Crippen LogP contribution in [0.15, 0.2) is 35.9 Å². The Morgan fingerprint density at radius 1 is 1.15 bits per heavy atom. The molecule has 0 saturated carbocycles. The Morgan fingerprint density at radius 3 is 2.23 bits per heavy atom. The zero-order valence-corrected chi connectivity index (χ0v) is 8.29. The Morgan fingerprint density at radius 2 is 1.77 bits per heavy atom. The normalized spacial score (nSPS) is 9.46. The second-order valence-corrected chi connectivity index (χ2v) is 3.05. The fourth-order valence-electron chi connectivity index (χ4n) is 1.16. The molecular weight excluding hydrogens is 162 g/mol. The van der Waals surface area contributed by atoms with Gasteiger partial charge >= 0.3 is 0 Å². The van der Waals surface area contributed by atoms with Crippen LogP contribution < -0.4 is 5.48 Å². The van der Waals surface area contributed by atoms with Gasteiger partial charge in [-0.2, -0.15) is 0 Å². The highest BCUT2D eigenvalue weighted by atomic mass is 16.6. The molecule has 2 heteroatoms. The number of hydroxylamine groups is 1. The SMILES string of the molecule is CONC(=C(C)C)c1ccccc1. The Balaban J connectivity index is 2.97. The van der Waals surface area contributed by atoms with Gasteiger partial charge in [0.05, 0.1) is 12.8 Å². The molecule has 0 atom stereocenters. The van der Waals surface area contributed by atoms with Crippen LogP contribution in [-0.2, 0) is 4.84 Å². The fourth-order valence-corrected chi connectivity index (χ4v) is 1.16. The second kappa shape index (κ2) is 4.67. The molecular formula is C11H15NO. The topological polar surface area (TPSA) is 21.3 Å². The lowest BCUT2D eigenvalue weighted by Crippen LogP contribution is -2.11. The van der Waals surface area contributed by atoms with Gasteiger partial charge in [-0.25, -0.2) is 0 Å². The van der Waals surface area contributed by atoms with Crippen molar-refractivity contribution < 1.29 is 4.84 Å². The lowest BCUT2D eigenvalue weighted by atomic mass is 10.1. The highest BCUT2D eigenvalue weighted by Gasteiger charge is 2.00. The van der Waals surface area contributed by atoms with Crippen molar-refractivity contribution in [2.75, 3.05) is 7.11 Å². The maximum atomic E-state index is 4.91. The van der Waals surface area contributed by atoms with E-state index in [9.17, 15) is 0 Å². The first-order valence-corrected chi connectivity index (χ1v) is 4.27. The third-order valence-corrected chi connectivity index (χ3v) is 1.77. The molecule has 0 unspecified atom stereocenters. The van der Waals surface area contributed by atoms with Crippen LogP contribution in [0.4, 0.5) is 0 Å². The van der Waals surface area contributed by atoms with Gasteiger partial charge in [0, 0.05) is 0 Å². The van der Waals surface area contributed by atoms with Gasteiger partial charge in [0.1, 0.15) is 0 Å². The van der Waals surface area contributed by atoms with Crippen molar-refractivity contribution in [2.45, 2.75) is 13.8 Å². The quantitative estimate of drug-likeness (QED) is 0.716. The molecule has 1 aromatic carbocycles. The molecule has 0 saturated heterocycles. The van der Waals surface area contributed by atoms with Gasteiger partial charge in [-0.15, -0.1) is 0 Å². The van der Waals surface area contributed by atoms with E-state index < -0.39 is 0 Å². The van der Waals surface area contributed by atoms with Crippen molar-refractivity contribution >= 4 is 5.70 Å². The minimum atomic E-state index is 1.03. The van der Waals surface area contributed by atoms with Crippen LogP contribution in [-0.4, -0.2) is 7.11 Å². The van der Waals surface area contributed by atoms with E-state index in [4.69, 9.17) is 4.84 Å². The molecule has 0 amide bonds. The van der Waals surface area contributed by atoms with Gasteiger partial charge in [0.2, 0.25) is 0 Å². The van der Waals surface area contributed by atoms with Crippen LogP contribution in [0.1, 0.15) is 19.4 Å². The molecule has 2 nitrogen and oxygen atoms in total. The zero-order valence-electron chi connectivity index (χ0n) is 8.29. The van der Waals surface area contributed by atoms with Crippen LogP contribution in [0.3, 0.4) is 0 Å². The van der Waals surface area contributed by atoms with E-state index in [1.165, 1.54) is 5.57 Å². The third kappa shape index (κ3) is 2.60. The van der Waals surface area contributed by atoms with E-state index in [1.54, 1.807) is 7.11 Å². The predicted molar refractivity (Wildman–Crippen MR) is 54.9 cm³/mol. The Labute approximate surface area is 79.2 Å². The van der Waals surface area contributed by atoms with Gasteiger partial charge in [-0.05, 0) is 19.4 Å². The molecule has 0 aliphatic rings. The summed E-state index contributed by atoms with van der Waals surface area (Å²) >= 11 is 0. The molecule has 70 valence electrons. The van der Waals surface area contributed by atoms with Gasteiger partial charge < -0.3 is 0 Å².